The molecule has 3 aliphatic rings. The van der Waals surface area contributed by atoms with Gasteiger partial charge in [0.15, 0.2) is 0 Å². The van der Waals surface area contributed by atoms with Crippen molar-refractivity contribution >= 4 is 16.1 Å². The van der Waals surface area contributed by atoms with E-state index in [1.54, 1.807) is 15.4 Å². The Balaban J connectivity index is 1.21. The van der Waals surface area contributed by atoms with E-state index in [2.05, 4.69) is 4.98 Å². The molecule has 9 nitrogen and oxygen atoms in total. The lowest BCUT2D eigenvalue weighted by Crippen LogP contribution is -2.48. The highest BCUT2D eigenvalue weighted by Crippen LogP contribution is 2.39. The van der Waals surface area contributed by atoms with Crippen molar-refractivity contribution in [2.24, 2.45) is 11.8 Å². The van der Waals surface area contributed by atoms with Gasteiger partial charge in [-0.15, -0.1) is 0 Å². The standard InChI is InChI=1S/C25H39N3O6S/c1-18(2)17-35(31,32)28-12-7-19(8-13-28)22-5-4-21(14-26-22)33-16-20-6-11-27(15-23(20)29)24(30)34-25(3)9-10-25/h4-5,14,18-20,23,29H,6-13,15-17H2,1-3H3/t20-,23-/m0/s1. The fraction of sp³-hybridized carbons (Fsp3) is 0.760. The zero-order valence-electron chi connectivity index (χ0n) is 21.1. The average molecular weight is 510 g/mol. The molecule has 1 aliphatic carbocycles. The molecule has 0 bridgehead atoms. The number of likely N-dealkylation sites (tertiary alicyclic amines) is 1. The van der Waals surface area contributed by atoms with Gasteiger partial charge in [0.2, 0.25) is 10.0 Å². The van der Waals surface area contributed by atoms with Crippen LogP contribution in [0.25, 0.3) is 0 Å². The summed E-state index contributed by atoms with van der Waals surface area (Å²) in [5, 5.41) is 10.5. The molecular formula is C25H39N3O6S. The van der Waals surface area contributed by atoms with E-state index in [4.69, 9.17) is 9.47 Å². The molecule has 4 rings (SSSR count). The zero-order chi connectivity index (χ0) is 25.2. The summed E-state index contributed by atoms with van der Waals surface area (Å²) in [6.07, 6.45) is 4.67. The van der Waals surface area contributed by atoms with Gasteiger partial charge in [-0.1, -0.05) is 13.8 Å². The van der Waals surface area contributed by atoms with Gasteiger partial charge in [-0.25, -0.2) is 17.5 Å². The molecular weight excluding hydrogens is 470 g/mol. The van der Waals surface area contributed by atoms with E-state index in [1.165, 1.54) is 0 Å². The number of sulfonamides is 1. The summed E-state index contributed by atoms with van der Waals surface area (Å²) in [6, 6.07) is 3.84. The lowest BCUT2D eigenvalue weighted by molar-refractivity contribution is -0.00993. The maximum absolute atomic E-state index is 12.5. The van der Waals surface area contributed by atoms with Crippen LogP contribution >= 0.6 is 0 Å². The van der Waals surface area contributed by atoms with Gasteiger partial charge in [-0.2, -0.15) is 0 Å². The molecule has 0 spiro atoms. The molecule has 0 aromatic carbocycles. The third-order valence-corrected chi connectivity index (χ3v) is 9.54. The van der Waals surface area contributed by atoms with Gasteiger partial charge >= 0.3 is 6.09 Å². The largest absolute Gasteiger partial charge is 0.492 e. The molecule has 2 aliphatic heterocycles. The Morgan fingerprint density at radius 3 is 2.49 bits per heavy atom. The van der Waals surface area contributed by atoms with E-state index < -0.39 is 16.1 Å². The second-order valence-corrected chi connectivity index (χ2v) is 13.0. The molecule has 35 heavy (non-hydrogen) atoms. The summed E-state index contributed by atoms with van der Waals surface area (Å²) in [5.41, 5.74) is 0.637. The second kappa shape index (κ2) is 10.6. The molecule has 196 valence electrons. The first-order chi connectivity index (χ1) is 16.5. The van der Waals surface area contributed by atoms with Crippen LogP contribution in [-0.4, -0.2) is 84.1 Å². The Kier molecular flexibility index (Phi) is 7.92. The Hall–Kier alpha value is -1.91. The normalized spacial score (nSPS) is 25.5. The molecule has 1 saturated carbocycles. The highest BCUT2D eigenvalue weighted by atomic mass is 32.2. The molecule has 2 saturated heterocycles. The topological polar surface area (TPSA) is 109 Å². The minimum atomic E-state index is -3.19. The summed E-state index contributed by atoms with van der Waals surface area (Å²) in [6.45, 7) is 8.00. The lowest BCUT2D eigenvalue weighted by atomic mass is 9.94. The van der Waals surface area contributed by atoms with Crippen LogP contribution in [0.1, 0.15) is 64.5 Å². The molecule has 0 unspecified atom stereocenters. The number of carbonyl (C=O) groups excluding carboxylic acids is 1. The molecule has 10 heteroatoms. The van der Waals surface area contributed by atoms with Crippen molar-refractivity contribution in [3.8, 4) is 5.75 Å². The van der Waals surface area contributed by atoms with E-state index in [0.29, 0.717) is 38.4 Å². The minimum absolute atomic E-state index is 0.0626. The number of β-amino-alcohol motifs (C(OH)–C–C–N with tert-alkyl or cyclic N) is 1. The van der Waals surface area contributed by atoms with E-state index in [0.717, 1.165) is 31.4 Å². The van der Waals surface area contributed by atoms with Crippen LogP contribution in [-0.2, 0) is 14.8 Å². The van der Waals surface area contributed by atoms with Gasteiger partial charge in [0, 0.05) is 37.2 Å². The molecule has 2 atom stereocenters. The predicted molar refractivity (Wildman–Crippen MR) is 132 cm³/mol. The minimum Gasteiger partial charge on any atom is -0.492 e. The van der Waals surface area contributed by atoms with Crippen LogP contribution in [0.4, 0.5) is 4.79 Å². The summed E-state index contributed by atoms with van der Waals surface area (Å²) >= 11 is 0. The Labute approximate surface area is 208 Å². The van der Waals surface area contributed by atoms with Crippen LogP contribution < -0.4 is 4.74 Å². The van der Waals surface area contributed by atoms with Gasteiger partial charge in [-0.05, 0) is 57.1 Å². The highest BCUT2D eigenvalue weighted by Gasteiger charge is 2.43. The number of hydrogen-bond donors (Lipinski definition) is 1. The quantitative estimate of drug-likeness (QED) is 0.574. The summed E-state index contributed by atoms with van der Waals surface area (Å²) in [5.74, 6) is 1.12. The van der Waals surface area contributed by atoms with E-state index >= 15 is 0 Å². The van der Waals surface area contributed by atoms with Crippen molar-refractivity contribution < 1.29 is 27.8 Å². The Morgan fingerprint density at radius 1 is 1.20 bits per heavy atom. The number of aliphatic hydroxyl groups is 1. The molecule has 1 aromatic rings. The average Bonchev–Trinajstić information content (AvgIpc) is 3.54. The maximum atomic E-state index is 12.5. The summed E-state index contributed by atoms with van der Waals surface area (Å²) < 4.78 is 38.0. The fourth-order valence-electron chi connectivity index (χ4n) is 4.77. The molecule has 1 amide bonds. The smallest absolute Gasteiger partial charge is 0.410 e. The lowest BCUT2D eigenvalue weighted by Gasteiger charge is -2.35. The van der Waals surface area contributed by atoms with Crippen molar-refractivity contribution in [2.75, 3.05) is 38.5 Å². The number of carbonyl (C=O) groups is 1. The Morgan fingerprint density at radius 2 is 1.91 bits per heavy atom. The van der Waals surface area contributed by atoms with Crippen LogP contribution in [0.2, 0.25) is 0 Å². The molecule has 1 aromatic heterocycles. The zero-order valence-corrected chi connectivity index (χ0v) is 21.9. The van der Waals surface area contributed by atoms with Crippen molar-refractivity contribution in [2.45, 2.75) is 70.5 Å². The molecule has 0 radical (unpaired) electrons. The number of aromatic nitrogens is 1. The molecule has 3 heterocycles. The monoisotopic (exact) mass is 509 g/mol. The number of nitrogens with zero attached hydrogens (tertiary/aromatic N) is 3. The number of rotatable bonds is 8. The second-order valence-electron chi connectivity index (χ2n) is 11.0. The van der Waals surface area contributed by atoms with E-state index in [1.807, 2.05) is 32.9 Å². The Bertz CT molecular complexity index is 971. The van der Waals surface area contributed by atoms with Crippen LogP contribution in [0.5, 0.6) is 5.75 Å². The van der Waals surface area contributed by atoms with Gasteiger partial charge in [0.25, 0.3) is 0 Å². The van der Waals surface area contributed by atoms with Gasteiger partial charge in [0.05, 0.1) is 31.2 Å². The first-order valence-electron chi connectivity index (χ1n) is 12.8. The van der Waals surface area contributed by atoms with Crippen molar-refractivity contribution in [3.63, 3.8) is 0 Å². The first-order valence-corrected chi connectivity index (χ1v) is 14.4. The summed E-state index contributed by atoms with van der Waals surface area (Å²) in [7, 11) is -3.19. The number of pyridine rings is 1. The number of aliphatic hydroxyl groups excluding tert-OH is 1. The van der Waals surface area contributed by atoms with Crippen LogP contribution in [0, 0.1) is 11.8 Å². The molecule has 1 N–H and O–H groups in total. The number of hydrogen-bond acceptors (Lipinski definition) is 7. The van der Waals surface area contributed by atoms with Gasteiger partial charge in [-0.3, -0.25) is 4.98 Å². The van der Waals surface area contributed by atoms with Gasteiger partial charge in [0.1, 0.15) is 11.4 Å². The van der Waals surface area contributed by atoms with Crippen molar-refractivity contribution in [1.82, 2.24) is 14.2 Å². The predicted octanol–water partition coefficient (Wildman–Crippen LogP) is 3.00. The van der Waals surface area contributed by atoms with E-state index in [9.17, 15) is 18.3 Å². The first kappa shape index (κ1) is 26.2. The van der Waals surface area contributed by atoms with Crippen molar-refractivity contribution in [3.05, 3.63) is 24.0 Å². The number of piperidine rings is 2. The third kappa shape index (κ3) is 6.86. The van der Waals surface area contributed by atoms with E-state index in [-0.39, 0.29) is 41.7 Å². The maximum Gasteiger partial charge on any atom is 0.410 e. The number of ether oxygens (including phenoxy) is 2. The molecule has 3 fully saturated rings. The SMILES string of the molecule is CC(C)CS(=O)(=O)N1CCC(c2ccc(OC[C@@H]3CCN(C(=O)OC4(C)CC4)C[C@@H]3O)cn2)CC1. The van der Waals surface area contributed by atoms with Crippen LogP contribution in [0.3, 0.4) is 0 Å². The third-order valence-electron chi connectivity index (χ3n) is 7.30. The van der Waals surface area contributed by atoms with Crippen LogP contribution in [0.15, 0.2) is 18.3 Å². The summed E-state index contributed by atoms with van der Waals surface area (Å²) in [4.78, 5) is 18.4. The highest BCUT2D eigenvalue weighted by molar-refractivity contribution is 7.89. The van der Waals surface area contributed by atoms with Crippen molar-refractivity contribution in [1.29, 1.82) is 0 Å². The fourth-order valence-corrected chi connectivity index (χ4v) is 6.59. The van der Waals surface area contributed by atoms with Gasteiger partial charge < -0.3 is 19.5 Å². The number of amides is 1.